The lowest BCUT2D eigenvalue weighted by atomic mass is 9.96. The zero-order valence-corrected chi connectivity index (χ0v) is 23.3. The van der Waals surface area contributed by atoms with E-state index in [4.69, 9.17) is 25.8 Å². The second kappa shape index (κ2) is 10.9. The molecule has 0 bridgehead atoms. The highest BCUT2D eigenvalue weighted by Gasteiger charge is 2.44. The molecular weight excluding hydrogens is 492 g/mol. The number of alkyl halides is 1. The second-order valence-corrected chi connectivity index (χ2v) is 13.0. The minimum atomic E-state index is -3.57. The number of benzene rings is 1. The molecule has 2 heterocycles. The maximum Gasteiger partial charge on any atom is 0.414 e. The summed E-state index contributed by atoms with van der Waals surface area (Å²) in [6.45, 7) is 11.2. The van der Waals surface area contributed by atoms with E-state index in [0.29, 0.717) is 57.7 Å². The number of amides is 1. The number of sulfonamides is 1. The van der Waals surface area contributed by atoms with Crippen LogP contribution in [0.5, 0.6) is 0 Å². The highest BCUT2D eigenvalue weighted by Crippen LogP contribution is 2.34. The summed E-state index contributed by atoms with van der Waals surface area (Å²) < 4.78 is 45.8. The van der Waals surface area contributed by atoms with Crippen LogP contribution in [0.1, 0.15) is 56.7 Å². The number of rotatable bonds is 7. The predicted molar refractivity (Wildman–Crippen MR) is 138 cm³/mol. The van der Waals surface area contributed by atoms with Crippen molar-refractivity contribution in [1.82, 2.24) is 4.31 Å². The van der Waals surface area contributed by atoms with E-state index < -0.39 is 32.8 Å². The molecule has 0 radical (unpaired) electrons. The number of piperidine rings is 1. The van der Waals surface area contributed by atoms with Crippen LogP contribution in [0.3, 0.4) is 0 Å². The van der Waals surface area contributed by atoms with Crippen LogP contribution in [-0.4, -0.2) is 74.7 Å². The molecule has 2 aliphatic rings. The van der Waals surface area contributed by atoms with Crippen molar-refractivity contribution in [3.05, 3.63) is 28.8 Å². The van der Waals surface area contributed by atoms with E-state index >= 15 is 0 Å². The van der Waals surface area contributed by atoms with Crippen LogP contribution in [0.4, 0.5) is 10.5 Å². The molecule has 8 nitrogen and oxygen atoms in total. The van der Waals surface area contributed by atoms with Crippen molar-refractivity contribution >= 4 is 33.4 Å². The maximum absolute atomic E-state index is 13.6. The van der Waals surface area contributed by atoms with Gasteiger partial charge >= 0.3 is 6.09 Å². The minimum Gasteiger partial charge on any atom is -0.443 e. The Balaban J connectivity index is 1.77. The van der Waals surface area contributed by atoms with Gasteiger partial charge in [-0.05, 0) is 76.3 Å². The Bertz CT molecular complexity index is 984. The first kappa shape index (κ1) is 28.2. The molecular formula is C25H39ClN2O6S. The molecule has 0 N–H and O–H groups in total. The van der Waals surface area contributed by atoms with Gasteiger partial charge in [-0.25, -0.2) is 17.5 Å². The molecule has 198 valence electrons. The van der Waals surface area contributed by atoms with Crippen molar-refractivity contribution < 1.29 is 27.4 Å². The van der Waals surface area contributed by atoms with Crippen molar-refractivity contribution in [1.29, 1.82) is 0 Å². The Labute approximate surface area is 214 Å². The fourth-order valence-corrected chi connectivity index (χ4v) is 7.00. The Morgan fingerprint density at radius 2 is 1.71 bits per heavy atom. The van der Waals surface area contributed by atoms with Gasteiger partial charge in [-0.15, -0.1) is 11.6 Å². The normalized spacial score (nSPS) is 19.6. The van der Waals surface area contributed by atoms with Crippen LogP contribution < -0.4 is 4.90 Å². The van der Waals surface area contributed by atoms with E-state index in [1.165, 1.54) is 4.90 Å². The molecule has 0 aromatic heterocycles. The van der Waals surface area contributed by atoms with Gasteiger partial charge in [0.25, 0.3) is 0 Å². The lowest BCUT2D eigenvalue weighted by Gasteiger charge is -2.38. The van der Waals surface area contributed by atoms with Crippen LogP contribution >= 0.6 is 11.6 Å². The van der Waals surface area contributed by atoms with Gasteiger partial charge in [0.05, 0.1) is 18.5 Å². The molecule has 10 heteroatoms. The van der Waals surface area contributed by atoms with Gasteiger partial charge in [0, 0.05) is 44.5 Å². The topological polar surface area (TPSA) is 85.4 Å². The van der Waals surface area contributed by atoms with Gasteiger partial charge in [-0.2, -0.15) is 0 Å². The molecule has 2 aliphatic heterocycles. The van der Waals surface area contributed by atoms with E-state index in [9.17, 15) is 13.2 Å². The SMILES string of the molecule is Cc1cc(N(C)C(=O)OC(C)(C)C)cc(C)c1CC(CCCl)S(=O)(=O)N1CCC2(CC1)OCCO2. The van der Waals surface area contributed by atoms with Crippen molar-refractivity contribution in [2.24, 2.45) is 0 Å². The van der Waals surface area contributed by atoms with Crippen LogP contribution in [0.15, 0.2) is 12.1 Å². The fourth-order valence-electron chi connectivity index (χ4n) is 4.71. The number of ether oxygens (including phenoxy) is 3. The number of carbonyl (C=O) groups is 1. The number of halogens is 1. The average Bonchev–Trinajstić information content (AvgIpc) is 3.21. The largest absolute Gasteiger partial charge is 0.443 e. The number of anilines is 1. The third-order valence-corrected chi connectivity index (χ3v) is 9.23. The van der Waals surface area contributed by atoms with Gasteiger partial charge in [-0.3, -0.25) is 4.90 Å². The summed E-state index contributed by atoms with van der Waals surface area (Å²) in [4.78, 5) is 14.0. The molecule has 2 saturated heterocycles. The Morgan fingerprint density at radius 3 is 2.20 bits per heavy atom. The Hall–Kier alpha value is -1.39. The molecule has 35 heavy (non-hydrogen) atoms. The Morgan fingerprint density at radius 1 is 1.17 bits per heavy atom. The molecule has 0 aliphatic carbocycles. The second-order valence-electron chi connectivity index (χ2n) is 10.5. The molecule has 1 spiro atoms. The van der Waals surface area contributed by atoms with Crippen LogP contribution in [0, 0.1) is 13.8 Å². The highest BCUT2D eigenvalue weighted by molar-refractivity contribution is 7.89. The van der Waals surface area contributed by atoms with Crippen LogP contribution in [0.2, 0.25) is 0 Å². The average molecular weight is 531 g/mol. The molecule has 1 aromatic carbocycles. The fraction of sp³-hybridized carbons (Fsp3) is 0.720. The molecule has 3 rings (SSSR count). The monoisotopic (exact) mass is 530 g/mol. The molecule has 1 unspecified atom stereocenters. The number of nitrogens with zero attached hydrogens (tertiary/aromatic N) is 2. The van der Waals surface area contributed by atoms with Gasteiger partial charge in [0.2, 0.25) is 10.0 Å². The van der Waals surface area contributed by atoms with Crippen LogP contribution in [-0.2, 0) is 30.7 Å². The first-order valence-corrected chi connectivity index (χ1v) is 14.2. The summed E-state index contributed by atoms with van der Waals surface area (Å²) in [5.41, 5.74) is 2.92. The third-order valence-electron chi connectivity index (χ3n) is 6.68. The summed E-state index contributed by atoms with van der Waals surface area (Å²) >= 11 is 6.06. The van der Waals surface area contributed by atoms with Crippen LogP contribution in [0.25, 0.3) is 0 Å². The van der Waals surface area contributed by atoms with E-state index in [1.54, 1.807) is 11.4 Å². The van der Waals surface area contributed by atoms with Gasteiger partial charge < -0.3 is 14.2 Å². The van der Waals surface area contributed by atoms with Gasteiger partial charge in [-0.1, -0.05) is 0 Å². The summed E-state index contributed by atoms with van der Waals surface area (Å²) in [5.74, 6) is -0.372. The smallest absolute Gasteiger partial charge is 0.414 e. The number of hydrogen-bond acceptors (Lipinski definition) is 6. The van der Waals surface area contributed by atoms with E-state index in [1.807, 2.05) is 46.8 Å². The quantitative estimate of drug-likeness (QED) is 0.486. The summed E-state index contributed by atoms with van der Waals surface area (Å²) in [6.07, 6.45) is 1.34. The minimum absolute atomic E-state index is 0.255. The number of carbonyl (C=O) groups excluding carboxylic acids is 1. The number of hydrogen-bond donors (Lipinski definition) is 0. The first-order valence-electron chi connectivity index (χ1n) is 12.2. The van der Waals surface area contributed by atoms with E-state index in [0.717, 1.165) is 16.7 Å². The Kier molecular flexibility index (Phi) is 8.80. The molecule has 1 amide bonds. The standard InChI is InChI=1S/C25H39ClN2O6S/c1-18-15-20(27(6)23(29)34-24(3,4)5)16-19(2)22(18)17-21(7-10-26)35(30,31)28-11-8-25(9-12-28)32-13-14-33-25/h15-16,21H,7-14,17H2,1-6H3. The highest BCUT2D eigenvalue weighted by atomic mass is 35.5. The van der Waals surface area contributed by atoms with Gasteiger partial charge in [0.1, 0.15) is 5.60 Å². The van der Waals surface area contributed by atoms with Crippen molar-refractivity contribution in [3.8, 4) is 0 Å². The third kappa shape index (κ3) is 6.68. The molecule has 0 saturated carbocycles. The van der Waals surface area contributed by atoms with Gasteiger partial charge in [0.15, 0.2) is 5.79 Å². The molecule has 1 aromatic rings. The maximum atomic E-state index is 13.6. The summed E-state index contributed by atoms with van der Waals surface area (Å²) in [6, 6.07) is 3.80. The lowest BCUT2D eigenvalue weighted by Crippen LogP contribution is -2.50. The molecule has 2 fully saturated rings. The van der Waals surface area contributed by atoms with Crippen molar-refractivity contribution in [3.63, 3.8) is 0 Å². The van der Waals surface area contributed by atoms with E-state index in [-0.39, 0.29) is 5.88 Å². The summed E-state index contributed by atoms with van der Waals surface area (Å²) in [7, 11) is -1.90. The lowest BCUT2D eigenvalue weighted by molar-refractivity contribution is -0.179. The predicted octanol–water partition coefficient (Wildman–Crippen LogP) is 4.38. The zero-order chi connectivity index (χ0) is 26.0. The first-order chi connectivity index (χ1) is 16.3. The van der Waals surface area contributed by atoms with Crippen molar-refractivity contribution in [2.45, 2.75) is 76.9 Å². The zero-order valence-electron chi connectivity index (χ0n) is 21.7. The van der Waals surface area contributed by atoms with Crippen molar-refractivity contribution in [2.75, 3.05) is 44.1 Å². The summed E-state index contributed by atoms with van der Waals surface area (Å²) in [5, 5.41) is -0.633. The number of aryl methyl sites for hydroxylation is 2. The molecule has 1 atom stereocenters. The van der Waals surface area contributed by atoms with E-state index in [2.05, 4.69) is 0 Å².